The molecule has 1 atom stereocenters. The standard InChI is InChI=1S/C17H20N2O3S/c1-11-8-13(22-10-16(18)20)5-6-15(11)19-17(21)12(2)9-14-4-3-7-23-14/h3-8,12H,9-10H2,1-2H3,(H2,18,20)(H,19,21)/t12-/m1/s1. The van der Waals surface area contributed by atoms with Gasteiger partial charge in [-0.15, -0.1) is 11.3 Å². The second-order valence-electron chi connectivity index (χ2n) is 5.41. The summed E-state index contributed by atoms with van der Waals surface area (Å²) >= 11 is 1.65. The van der Waals surface area contributed by atoms with Crippen molar-refractivity contribution in [2.45, 2.75) is 20.3 Å². The third kappa shape index (κ3) is 5.10. The first-order valence-electron chi connectivity index (χ1n) is 7.30. The highest BCUT2D eigenvalue weighted by Gasteiger charge is 2.15. The van der Waals surface area contributed by atoms with E-state index in [9.17, 15) is 9.59 Å². The van der Waals surface area contributed by atoms with Gasteiger partial charge in [0.1, 0.15) is 5.75 Å². The first-order valence-corrected chi connectivity index (χ1v) is 8.18. The predicted molar refractivity (Wildman–Crippen MR) is 91.7 cm³/mol. The Morgan fingerprint density at radius 2 is 2.13 bits per heavy atom. The lowest BCUT2D eigenvalue weighted by atomic mass is 10.1. The third-order valence-electron chi connectivity index (χ3n) is 3.37. The number of carbonyl (C=O) groups is 2. The van der Waals surface area contributed by atoms with Crippen molar-refractivity contribution in [1.82, 2.24) is 0 Å². The van der Waals surface area contributed by atoms with Gasteiger partial charge in [0.15, 0.2) is 6.61 Å². The highest BCUT2D eigenvalue weighted by Crippen LogP contribution is 2.23. The number of nitrogens with one attached hydrogen (secondary N) is 1. The summed E-state index contributed by atoms with van der Waals surface area (Å²) in [6.07, 6.45) is 0.725. The normalized spacial score (nSPS) is 11.7. The maximum atomic E-state index is 12.3. The number of anilines is 1. The van der Waals surface area contributed by atoms with Crippen molar-refractivity contribution < 1.29 is 14.3 Å². The van der Waals surface area contributed by atoms with Gasteiger partial charge in [0, 0.05) is 16.5 Å². The molecule has 0 bridgehead atoms. The highest BCUT2D eigenvalue weighted by atomic mass is 32.1. The van der Waals surface area contributed by atoms with E-state index in [1.165, 1.54) is 4.88 Å². The average Bonchev–Trinajstić information content (AvgIpc) is 3.00. The van der Waals surface area contributed by atoms with Gasteiger partial charge in [0.05, 0.1) is 0 Å². The largest absolute Gasteiger partial charge is 0.484 e. The molecule has 23 heavy (non-hydrogen) atoms. The molecule has 122 valence electrons. The number of carbonyl (C=O) groups excluding carboxylic acids is 2. The van der Waals surface area contributed by atoms with E-state index >= 15 is 0 Å². The molecule has 0 aliphatic carbocycles. The van der Waals surface area contributed by atoms with Crippen molar-refractivity contribution >= 4 is 28.8 Å². The van der Waals surface area contributed by atoms with Crippen LogP contribution in [0.15, 0.2) is 35.7 Å². The van der Waals surface area contributed by atoms with Crippen molar-refractivity contribution in [3.63, 3.8) is 0 Å². The molecule has 0 saturated carbocycles. The number of benzene rings is 1. The molecule has 5 nitrogen and oxygen atoms in total. The summed E-state index contributed by atoms with van der Waals surface area (Å²) in [7, 11) is 0. The van der Waals surface area contributed by atoms with Crippen molar-refractivity contribution in [3.8, 4) is 5.75 Å². The Hall–Kier alpha value is -2.34. The number of rotatable bonds is 7. The van der Waals surface area contributed by atoms with Crippen LogP contribution >= 0.6 is 11.3 Å². The van der Waals surface area contributed by atoms with Gasteiger partial charge in [0.25, 0.3) is 5.91 Å². The van der Waals surface area contributed by atoms with Crippen molar-refractivity contribution in [1.29, 1.82) is 0 Å². The Bertz CT molecular complexity index is 683. The van der Waals surface area contributed by atoms with Crippen LogP contribution in [-0.2, 0) is 16.0 Å². The molecule has 0 saturated heterocycles. The molecule has 2 amide bonds. The minimum Gasteiger partial charge on any atom is -0.484 e. The van der Waals surface area contributed by atoms with Crippen LogP contribution in [0.5, 0.6) is 5.75 Å². The molecule has 0 unspecified atom stereocenters. The molecule has 3 N–H and O–H groups in total. The van der Waals surface area contributed by atoms with Crippen LogP contribution in [0.2, 0.25) is 0 Å². The summed E-state index contributed by atoms with van der Waals surface area (Å²) in [6.45, 7) is 3.62. The van der Waals surface area contributed by atoms with Gasteiger partial charge in [-0.25, -0.2) is 0 Å². The number of ether oxygens (including phenoxy) is 1. The lowest BCUT2D eigenvalue weighted by Gasteiger charge is -2.14. The van der Waals surface area contributed by atoms with Gasteiger partial charge in [-0.05, 0) is 48.6 Å². The monoisotopic (exact) mass is 332 g/mol. The Labute approximate surface area is 139 Å². The van der Waals surface area contributed by atoms with E-state index in [2.05, 4.69) is 5.32 Å². The van der Waals surface area contributed by atoms with Gasteiger partial charge < -0.3 is 15.8 Å². The molecule has 2 rings (SSSR count). The summed E-state index contributed by atoms with van der Waals surface area (Å²) in [5, 5.41) is 4.94. The molecule has 1 aromatic heterocycles. The number of aryl methyl sites for hydroxylation is 1. The van der Waals surface area contributed by atoms with E-state index in [1.54, 1.807) is 29.5 Å². The SMILES string of the molecule is Cc1cc(OCC(N)=O)ccc1NC(=O)[C@H](C)Cc1cccs1. The Balaban J connectivity index is 1.96. The summed E-state index contributed by atoms with van der Waals surface area (Å²) in [5.74, 6) is -0.112. The van der Waals surface area contributed by atoms with Crippen LogP contribution in [0.4, 0.5) is 5.69 Å². The zero-order valence-corrected chi connectivity index (χ0v) is 14.0. The first-order chi connectivity index (χ1) is 11.0. The first kappa shape index (κ1) is 17.0. The number of primary amides is 1. The third-order valence-corrected chi connectivity index (χ3v) is 4.27. The summed E-state index contributed by atoms with van der Waals surface area (Å²) in [6, 6.07) is 9.25. The van der Waals surface area contributed by atoms with Gasteiger partial charge in [-0.2, -0.15) is 0 Å². The van der Waals surface area contributed by atoms with Crippen LogP contribution in [-0.4, -0.2) is 18.4 Å². The minimum atomic E-state index is -0.526. The topological polar surface area (TPSA) is 81.4 Å². The molecule has 1 heterocycles. The van der Waals surface area contributed by atoms with Gasteiger partial charge in [-0.3, -0.25) is 9.59 Å². The van der Waals surface area contributed by atoms with Crippen molar-refractivity contribution in [3.05, 3.63) is 46.2 Å². The van der Waals surface area contributed by atoms with Crippen molar-refractivity contribution in [2.24, 2.45) is 11.7 Å². The lowest BCUT2D eigenvalue weighted by Crippen LogP contribution is -2.22. The number of hydrogen-bond donors (Lipinski definition) is 2. The van der Waals surface area contributed by atoms with Crippen LogP contribution in [0.1, 0.15) is 17.4 Å². The quantitative estimate of drug-likeness (QED) is 0.818. The fourth-order valence-electron chi connectivity index (χ4n) is 2.10. The molecule has 0 aliphatic rings. The second kappa shape index (κ2) is 7.78. The molecule has 6 heteroatoms. The smallest absolute Gasteiger partial charge is 0.255 e. The molecule has 0 aliphatic heterocycles. The van der Waals surface area contributed by atoms with Crippen molar-refractivity contribution in [2.75, 3.05) is 11.9 Å². The number of amides is 2. The van der Waals surface area contributed by atoms with Gasteiger partial charge in [-0.1, -0.05) is 13.0 Å². The molecule has 0 spiro atoms. The van der Waals surface area contributed by atoms with E-state index in [-0.39, 0.29) is 18.4 Å². The zero-order chi connectivity index (χ0) is 16.8. The maximum Gasteiger partial charge on any atom is 0.255 e. The van der Waals surface area contributed by atoms with Crippen LogP contribution < -0.4 is 15.8 Å². The molecular weight excluding hydrogens is 312 g/mol. The number of nitrogens with two attached hydrogens (primary N) is 1. The van der Waals surface area contributed by atoms with E-state index < -0.39 is 5.91 Å². The fourth-order valence-corrected chi connectivity index (χ4v) is 2.94. The Morgan fingerprint density at radius 1 is 1.35 bits per heavy atom. The van der Waals surface area contributed by atoms with Crippen LogP contribution in [0.25, 0.3) is 0 Å². The second-order valence-corrected chi connectivity index (χ2v) is 6.44. The number of hydrogen-bond acceptors (Lipinski definition) is 4. The zero-order valence-electron chi connectivity index (χ0n) is 13.2. The Kier molecular flexibility index (Phi) is 5.76. The molecule has 0 fully saturated rings. The Morgan fingerprint density at radius 3 is 2.74 bits per heavy atom. The number of thiophene rings is 1. The predicted octanol–water partition coefficient (Wildman–Crippen LogP) is 2.74. The summed E-state index contributed by atoms with van der Waals surface area (Å²) in [4.78, 5) is 24.2. The van der Waals surface area contributed by atoms with Gasteiger partial charge >= 0.3 is 0 Å². The molecular formula is C17H20N2O3S. The molecule has 0 radical (unpaired) electrons. The lowest BCUT2D eigenvalue weighted by molar-refractivity contribution is -0.120. The minimum absolute atomic E-state index is 0.0210. The fraction of sp³-hybridized carbons (Fsp3) is 0.294. The maximum absolute atomic E-state index is 12.3. The van der Waals surface area contributed by atoms with Gasteiger partial charge in [0.2, 0.25) is 5.91 Å². The van der Waals surface area contributed by atoms with E-state index in [0.717, 1.165) is 17.7 Å². The average molecular weight is 332 g/mol. The molecule has 2 aromatic rings. The highest BCUT2D eigenvalue weighted by molar-refractivity contribution is 7.09. The summed E-state index contributed by atoms with van der Waals surface area (Å²) in [5.41, 5.74) is 6.64. The van der Waals surface area contributed by atoms with E-state index in [1.807, 2.05) is 31.4 Å². The van der Waals surface area contributed by atoms with E-state index in [0.29, 0.717) is 5.75 Å². The molecule has 1 aromatic carbocycles. The van der Waals surface area contributed by atoms with Crippen LogP contribution in [0.3, 0.4) is 0 Å². The summed E-state index contributed by atoms with van der Waals surface area (Å²) < 4.78 is 5.24. The van der Waals surface area contributed by atoms with Crippen LogP contribution in [0, 0.1) is 12.8 Å². The van der Waals surface area contributed by atoms with E-state index in [4.69, 9.17) is 10.5 Å².